The van der Waals surface area contributed by atoms with Gasteiger partial charge in [-0.05, 0) is 67.9 Å². The minimum absolute atomic E-state index is 0.0972. The largest absolute Gasteiger partial charge is 0.353 e. The fourth-order valence-corrected chi connectivity index (χ4v) is 4.91. The molecule has 0 spiro atoms. The van der Waals surface area contributed by atoms with Crippen molar-refractivity contribution >= 4 is 46.9 Å². The van der Waals surface area contributed by atoms with Crippen LogP contribution in [0.1, 0.15) is 18.5 Å². The Morgan fingerprint density at radius 2 is 1.79 bits per heavy atom. The highest BCUT2D eigenvalue weighted by Gasteiger charge is 2.29. The van der Waals surface area contributed by atoms with Crippen LogP contribution in [-0.4, -0.2) is 62.2 Å². The molecule has 1 aliphatic heterocycles. The molecule has 0 unspecified atom stereocenters. The Balaban J connectivity index is 1.19. The zero-order valence-corrected chi connectivity index (χ0v) is 21.8. The predicted molar refractivity (Wildman–Crippen MR) is 147 cm³/mol. The summed E-state index contributed by atoms with van der Waals surface area (Å²) in [4.78, 5) is 36.1. The van der Waals surface area contributed by atoms with Crippen molar-refractivity contribution in [2.45, 2.75) is 29.8 Å². The Labute approximate surface area is 224 Å². The molecule has 3 N–H and O–H groups in total. The molecule has 0 atom stereocenters. The molecule has 2 aliphatic rings. The number of amides is 1. The van der Waals surface area contributed by atoms with Crippen molar-refractivity contribution in [1.82, 2.24) is 30.1 Å². The van der Waals surface area contributed by atoms with Crippen LogP contribution in [0.15, 0.2) is 64.8 Å². The van der Waals surface area contributed by atoms with E-state index >= 15 is 0 Å². The van der Waals surface area contributed by atoms with Crippen LogP contribution in [0.3, 0.4) is 0 Å². The molecule has 3 aromatic heterocycles. The average molecular weight is 529 g/mol. The van der Waals surface area contributed by atoms with Gasteiger partial charge in [0.05, 0.1) is 0 Å². The van der Waals surface area contributed by atoms with Gasteiger partial charge < -0.3 is 20.4 Å². The molecule has 194 valence electrons. The average Bonchev–Trinajstić information content (AvgIpc) is 3.72. The number of aromatic nitrogens is 6. The fourth-order valence-electron chi connectivity index (χ4n) is 4.16. The molecule has 1 aliphatic carbocycles. The maximum atomic E-state index is 12.1. The van der Waals surface area contributed by atoms with Gasteiger partial charge in [0.25, 0.3) is 0 Å². The van der Waals surface area contributed by atoms with E-state index in [2.05, 4.69) is 40.6 Å². The van der Waals surface area contributed by atoms with Crippen LogP contribution >= 0.6 is 11.8 Å². The SMILES string of the molecule is Cc1cc(Nc2nc(Sc3ccc(NC(=O)C4CC4)cc3)nc(N3CCN(c4ccccn4)CC3)n2)n[nH]1. The Morgan fingerprint density at radius 3 is 2.47 bits per heavy atom. The Bertz CT molecular complexity index is 1400. The standard InChI is InChI=1S/C26H28N10OS/c1-17-16-21(34-33-17)29-24-30-25(36-14-12-35(13-15-36)22-4-2-3-11-27-22)32-26(31-24)38-20-9-7-19(8-10-20)28-23(37)18-5-6-18/h2-4,7-11,16,18H,5-6,12-15H2,1H3,(H,28,37)(H2,29,30,31,32,33,34). The quantitative estimate of drug-likeness (QED) is 0.310. The van der Waals surface area contributed by atoms with E-state index in [1.54, 1.807) is 0 Å². The number of anilines is 5. The smallest absolute Gasteiger partial charge is 0.234 e. The lowest BCUT2D eigenvalue weighted by Gasteiger charge is -2.35. The van der Waals surface area contributed by atoms with Crippen LogP contribution in [0, 0.1) is 12.8 Å². The fraction of sp³-hybridized carbons (Fsp3) is 0.308. The number of carbonyl (C=O) groups excluding carboxylic acids is 1. The number of carbonyl (C=O) groups is 1. The Hall–Kier alpha value is -4.19. The monoisotopic (exact) mass is 528 g/mol. The minimum Gasteiger partial charge on any atom is -0.353 e. The summed E-state index contributed by atoms with van der Waals surface area (Å²) >= 11 is 1.45. The molecule has 2 fully saturated rings. The number of pyridine rings is 1. The van der Waals surface area contributed by atoms with E-state index in [-0.39, 0.29) is 11.8 Å². The highest BCUT2D eigenvalue weighted by molar-refractivity contribution is 7.99. The topological polar surface area (TPSA) is 128 Å². The van der Waals surface area contributed by atoms with E-state index in [0.29, 0.717) is 22.9 Å². The molecule has 12 heteroatoms. The van der Waals surface area contributed by atoms with Gasteiger partial charge in [0.1, 0.15) is 5.82 Å². The van der Waals surface area contributed by atoms with Crippen LogP contribution in [0.25, 0.3) is 0 Å². The summed E-state index contributed by atoms with van der Waals surface area (Å²) in [5.74, 6) is 2.94. The van der Waals surface area contributed by atoms with Gasteiger partial charge in [-0.3, -0.25) is 9.89 Å². The second-order valence-electron chi connectivity index (χ2n) is 9.35. The van der Waals surface area contributed by atoms with Crippen LogP contribution in [0.4, 0.5) is 29.2 Å². The molecule has 0 bridgehead atoms. The van der Waals surface area contributed by atoms with Crippen molar-refractivity contribution in [2.75, 3.05) is 46.6 Å². The summed E-state index contributed by atoms with van der Waals surface area (Å²) < 4.78 is 0. The molecule has 1 saturated carbocycles. The Morgan fingerprint density at radius 1 is 1.00 bits per heavy atom. The van der Waals surface area contributed by atoms with E-state index < -0.39 is 0 Å². The first-order valence-corrected chi connectivity index (χ1v) is 13.5. The van der Waals surface area contributed by atoms with Gasteiger partial charge in [0.15, 0.2) is 11.0 Å². The molecule has 1 amide bonds. The van der Waals surface area contributed by atoms with Crippen LogP contribution in [0.2, 0.25) is 0 Å². The second kappa shape index (κ2) is 10.7. The van der Waals surface area contributed by atoms with Gasteiger partial charge in [-0.1, -0.05) is 6.07 Å². The maximum absolute atomic E-state index is 12.1. The number of benzene rings is 1. The third-order valence-electron chi connectivity index (χ3n) is 6.36. The van der Waals surface area contributed by atoms with E-state index in [9.17, 15) is 4.79 Å². The summed E-state index contributed by atoms with van der Waals surface area (Å²) in [6.07, 6.45) is 3.78. The summed E-state index contributed by atoms with van der Waals surface area (Å²) in [6, 6.07) is 15.6. The van der Waals surface area contributed by atoms with Crippen molar-refractivity contribution in [3.63, 3.8) is 0 Å². The number of piperazine rings is 1. The van der Waals surface area contributed by atoms with E-state index in [0.717, 1.165) is 61.1 Å². The zero-order chi connectivity index (χ0) is 25.9. The molecular formula is C26H28N10OS. The van der Waals surface area contributed by atoms with E-state index in [4.69, 9.17) is 9.97 Å². The first-order chi connectivity index (χ1) is 18.6. The summed E-state index contributed by atoms with van der Waals surface area (Å²) in [6.45, 7) is 5.11. The van der Waals surface area contributed by atoms with Crippen molar-refractivity contribution in [3.8, 4) is 0 Å². The molecular weight excluding hydrogens is 500 g/mol. The predicted octanol–water partition coefficient (Wildman–Crippen LogP) is 3.87. The van der Waals surface area contributed by atoms with Crippen molar-refractivity contribution < 1.29 is 4.79 Å². The number of nitrogens with one attached hydrogen (secondary N) is 3. The number of nitrogens with zero attached hydrogens (tertiary/aromatic N) is 7. The zero-order valence-electron chi connectivity index (χ0n) is 21.0. The number of aromatic amines is 1. The van der Waals surface area contributed by atoms with Crippen molar-refractivity contribution in [2.24, 2.45) is 5.92 Å². The first-order valence-electron chi connectivity index (χ1n) is 12.6. The lowest BCUT2D eigenvalue weighted by atomic mass is 10.3. The van der Waals surface area contributed by atoms with Gasteiger partial charge in [-0.25, -0.2) is 4.98 Å². The second-order valence-corrected chi connectivity index (χ2v) is 10.4. The van der Waals surface area contributed by atoms with E-state index in [1.165, 1.54) is 11.8 Å². The van der Waals surface area contributed by atoms with Crippen LogP contribution in [-0.2, 0) is 4.79 Å². The number of hydrogen-bond donors (Lipinski definition) is 3. The van der Waals surface area contributed by atoms with Gasteiger partial charge in [0.2, 0.25) is 17.8 Å². The molecule has 4 aromatic rings. The third-order valence-corrected chi connectivity index (χ3v) is 7.24. The lowest BCUT2D eigenvalue weighted by Crippen LogP contribution is -2.47. The third kappa shape index (κ3) is 5.86. The number of hydrogen-bond acceptors (Lipinski definition) is 10. The summed E-state index contributed by atoms with van der Waals surface area (Å²) in [7, 11) is 0. The molecule has 4 heterocycles. The van der Waals surface area contributed by atoms with Gasteiger partial charge >= 0.3 is 0 Å². The first kappa shape index (κ1) is 24.2. The minimum atomic E-state index is 0.0972. The number of rotatable bonds is 8. The summed E-state index contributed by atoms with van der Waals surface area (Å²) in [5.41, 5.74) is 1.74. The van der Waals surface area contributed by atoms with E-state index in [1.807, 2.05) is 61.7 Å². The van der Waals surface area contributed by atoms with Gasteiger partial charge in [0, 0.05) is 60.6 Å². The van der Waals surface area contributed by atoms with Gasteiger partial charge in [-0.2, -0.15) is 20.1 Å². The van der Waals surface area contributed by atoms with Gasteiger partial charge in [-0.15, -0.1) is 0 Å². The van der Waals surface area contributed by atoms with Crippen molar-refractivity contribution in [1.29, 1.82) is 0 Å². The molecule has 38 heavy (non-hydrogen) atoms. The van der Waals surface area contributed by atoms with Crippen LogP contribution in [0.5, 0.6) is 0 Å². The number of H-pyrrole nitrogens is 1. The number of aryl methyl sites for hydroxylation is 1. The Kier molecular flexibility index (Phi) is 6.78. The highest BCUT2D eigenvalue weighted by atomic mass is 32.2. The van der Waals surface area contributed by atoms with Crippen LogP contribution < -0.4 is 20.4 Å². The highest BCUT2D eigenvalue weighted by Crippen LogP contribution is 2.32. The normalized spacial score (nSPS) is 15.4. The molecule has 6 rings (SSSR count). The van der Waals surface area contributed by atoms with Crippen molar-refractivity contribution in [3.05, 3.63) is 60.4 Å². The molecule has 0 radical (unpaired) electrons. The summed E-state index contributed by atoms with van der Waals surface area (Å²) in [5, 5.41) is 13.9. The lowest BCUT2D eigenvalue weighted by molar-refractivity contribution is -0.117. The molecule has 1 saturated heterocycles. The maximum Gasteiger partial charge on any atom is 0.234 e. The molecule has 11 nitrogen and oxygen atoms in total. The molecule has 1 aromatic carbocycles.